The van der Waals surface area contributed by atoms with Crippen molar-refractivity contribution in [2.75, 3.05) is 12.7 Å². The fraction of sp³-hybridized carbons (Fsp3) is 0.391. The number of aryl methyl sites for hydroxylation is 3. The molecular weight excluding hydrogens is 445 g/mol. The molecule has 0 radical (unpaired) electrons. The molecule has 172 valence electrons. The van der Waals surface area contributed by atoms with Crippen LogP contribution in [0.4, 0.5) is 0 Å². The zero-order valence-corrected chi connectivity index (χ0v) is 20.5. The van der Waals surface area contributed by atoms with Crippen molar-refractivity contribution in [1.29, 1.82) is 0 Å². The zero-order valence-electron chi connectivity index (χ0n) is 18.8. The second-order valence-corrected chi connectivity index (χ2v) is 11.1. The number of hydrogen-bond donors (Lipinski definition) is 3. The maximum absolute atomic E-state index is 10.9. The molecule has 1 atom stereocenters. The SMILES string of the molecule is Cc1ccc(C(C)Sc2nnc(-c3ccc(CNCCCP(=O)(O)O)cc3C)o2)cc1C. The van der Waals surface area contributed by atoms with Gasteiger partial charge in [0.15, 0.2) is 0 Å². The van der Waals surface area contributed by atoms with Crippen LogP contribution in [0.5, 0.6) is 0 Å². The molecule has 7 nitrogen and oxygen atoms in total. The zero-order chi connectivity index (χ0) is 23.3. The van der Waals surface area contributed by atoms with Gasteiger partial charge in [0.25, 0.3) is 5.22 Å². The van der Waals surface area contributed by atoms with Crippen molar-refractivity contribution in [2.24, 2.45) is 0 Å². The lowest BCUT2D eigenvalue weighted by Crippen LogP contribution is -2.15. The third kappa shape index (κ3) is 7.02. The van der Waals surface area contributed by atoms with Crippen LogP contribution in [-0.2, 0) is 11.1 Å². The summed E-state index contributed by atoms with van der Waals surface area (Å²) in [5, 5.41) is 12.4. The van der Waals surface area contributed by atoms with Gasteiger partial charge >= 0.3 is 7.60 Å². The van der Waals surface area contributed by atoms with Gasteiger partial charge in [0, 0.05) is 17.4 Å². The molecule has 0 saturated heterocycles. The third-order valence-corrected chi connectivity index (χ3v) is 7.23. The van der Waals surface area contributed by atoms with E-state index in [-0.39, 0.29) is 11.4 Å². The Balaban J connectivity index is 1.59. The molecule has 1 unspecified atom stereocenters. The van der Waals surface area contributed by atoms with Crippen LogP contribution in [-0.4, -0.2) is 32.7 Å². The summed E-state index contributed by atoms with van der Waals surface area (Å²) in [6.45, 7) is 9.53. The van der Waals surface area contributed by atoms with Gasteiger partial charge in [-0.2, -0.15) is 0 Å². The summed E-state index contributed by atoms with van der Waals surface area (Å²) in [4.78, 5) is 17.8. The number of nitrogens with one attached hydrogen (secondary N) is 1. The lowest BCUT2D eigenvalue weighted by atomic mass is 10.0. The fourth-order valence-corrected chi connectivity index (χ4v) is 4.69. The van der Waals surface area contributed by atoms with Gasteiger partial charge in [-0.1, -0.05) is 42.1 Å². The standard InChI is InChI=1S/C23H30N3O4PS/c1-15-6-8-20(13-16(15)2)18(4)32-23-26-25-22(30-23)21-9-7-19(12-17(21)3)14-24-10-5-11-31(27,28)29/h6-9,12-13,18,24H,5,10-11,14H2,1-4H3,(H2,27,28,29). The van der Waals surface area contributed by atoms with E-state index < -0.39 is 7.60 Å². The fourth-order valence-electron chi connectivity index (χ4n) is 3.32. The minimum Gasteiger partial charge on any atom is -0.411 e. The average molecular weight is 476 g/mol. The molecule has 32 heavy (non-hydrogen) atoms. The molecule has 0 bridgehead atoms. The highest BCUT2D eigenvalue weighted by Crippen LogP contribution is 2.36. The lowest BCUT2D eigenvalue weighted by molar-refractivity contribution is 0.371. The highest BCUT2D eigenvalue weighted by atomic mass is 32.2. The molecule has 1 heterocycles. The van der Waals surface area contributed by atoms with Crippen LogP contribution in [0.15, 0.2) is 46.0 Å². The molecule has 0 aliphatic carbocycles. The van der Waals surface area contributed by atoms with Crippen LogP contribution < -0.4 is 5.32 Å². The maximum atomic E-state index is 10.9. The molecule has 2 aromatic carbocycles. The number of aromatic nitrogens is 2. The van der Waals surface area contributed by atoms with E-state index >= 15 is 0 Å². The molecular formula is C23H30N3O4PS. The Morgan fingerprint density at radius 1 is 1.06 bits per heavy atom. The first-order chi connectivity index (χ1) is 15.1. The second kappa shape index (κ2) is 10.8. The van der Waals surface area contributed by atoms with Crippen LogP contribution in [0.2, 0.25) is 0 Å². The molecule has 0 spiro atoms. The molecule has 0 saturated carbocycles. The van der Waals surface area contributed by atoms with E-state index in [2.05, 4.69) is 60.6 Å². The lowest BCUT2D eigenvalue weighted by Gasteiger charge is -2.11. The molecule has 3 rings (SSSR count). The third-order valence-electron chi connectivity index (χ3n) is 5.34. The van der Waals surface area contributed by atoms with Gasteiger partial charge in [-0.05, 0) is 74.5 Å². The van der Waals surface area contributed by atoms with Crippen molar-refractivity contribution >= 4 is 19.4 Å². The number of thioether (sulfide) groups is 1. The van der Waals surface area contributed by atoms with Gasteiger partial charge in [0.05, 0.1) is 6.16 Å². The molecule has 0 fully saturated rings. The summed E-state index contributed by atoms with van der Waals surface area (Å²) in [5.74, 6) is 0.499. The molecule has 0 aliphatic heterocycles. The summed E-state index contributed by atoms with van der Waals surface area (Å²) < 4.78 is 16.8. The Morgan fingerprint density at radius 2 is 1.84 bits per heavy atom. The normalized spacial score (nSPS) is 12.8. The van der Waals surface area contributed by atoms with Crippen LogP contribution in [0, 0.1) is 20.8 Å². The van der Waals surface area contributed by atoms with Gasteiger partial charge in [0.2, 0.25) is 5.89 Å². The Morgan fingerprint density at radius 3 is 2.53 bits per heavy atom. The van der Waals surface area contributed by atoms with Crippen molar-refractivity contribution in [3.8, 4) is 11.5 Å². The minimum atomic E-state index is -3.92. The summed E-state index contributed by atoms with van der Waals surface area (Å²) in [7, 11) is -3.92. The Labute approximate surface area is 193 Å². The van der Waals surface area contributed by atoms with E-state index in [0.29, 0.717) is 30.6 Å². The predicted octanol–water partition coefficient (Wildman–Crippen LogP) is 5.17. The van der Waals surface area contributed by atoms with Crippen molar-refractivity contribution in [1.82, 2.24) is 15.5 Å². The molecule has 9 heteroatoms. The number of benzene rings is 2. The monoisotopic (exact) mass is 475 g/mol. The van der Waals surface area contributed by atoms with Crippen LogP contribution in [0.3, 0.4) is 0 Å². The van der Waals surface area contributed by atoms with Crippen LogP contribution >= 0.6 is 19.4 Å². The Bertz CT molecular complexity index is 1110. The maximum Gasteiger partial charge on any atom is 0.325 e. The van der Waals surface area contributed by atoms with E-state index in [4.69, 9.17) is 14.2 Å². The van der Waals surface area contributed by atoms with Gasteiger partial charge in [-0.25, -0.2) is 0 Å². The second-order valence-electron chi connectivity index (χ2n) is 8.04. The van der Waals surface area contributed by atoms with Crippen LogP contribution in [0.25, 0.3) is 11.5 Å². The topological polar surface area (TPSA) is 108 Å². The van der Waals surface area contributed by atoms with E-state index in [9.17, 15) is 4.57 Å². The van der Waals surface area contributed by atoms with Crippen molar-refractivity contribution in [3.63, 3.8) is 0 Å². The Kier molecular flexibility index (Phi) is 8.31. The van der Waals surface area contributed by atoms with Crippen molar-refractivity contribution < 1.29 is 18.8 Å². The highest BCUT2D eigenvalue weighted by molar-refractivity contribution is 7.99. The van der Waals surface area contributed by atoms with E-state index in [0.717, 1.165) is 16.7 Å². The average Bonchev–Trinajstić information content (AvgIpc) is 3.17. The van der Waals surface area contributed by atoms with Gasteiger partial charge in [0.1, 0.15) is 0 Å². The van der Waals surface area contributed by atoms with Crippen LogP contribution in [0.1, 0.15) is 46.4 Å². The number of rotatable bonds is 10. The predicted molar refractivity (Wildman–Crippen MR) is 128 cm³/mol. The minimum absolute atomic E-state index is 0.0996. The Hall–Kier alpha value is -1.96. The highest BCUT2D eigenvalue weighted by Gasteiger charge is 2.16. The molecule has 0 amide bonds. The van der Waals surface area contributed by atoms with Gasteiger partial charge < -0.3 is 19.5 Å². The molecule has 0 aliphatic rings. The summed E-state index contributed by atoms with van der Waals surface area (Å²) >= 11 is 1.55. The first-order valence-electron chi connectivity index (χ1n) is 10.5. The van der Waals surface area contributed by atoms with Crippen molar-refractivity contribution in [3.05, 3.63) is 64.2 Å². The molecule has 1 aromatic heterocycles. The number of nitrogens with zero attached hydrogens (tertiary/aromatic N) is 2. The van der Waals surface area contributed by atoms with E-state index in [1.165, 1.54) is 16.7 Å². The first-order valence-corrected chi connectivity index (χ1v) is 13.2. The summed E-state index contributed by atoms with van der Waals surface area (Å²) in [5.41, 5.74) is 6.79. The molecule has 3 N–H and O–H groups in total. The van der Waals surface area contributed by atoms with Gasteiger partial charge in [-0.15, -0.1) is 10.2 Å². The van der Waals surface area contributed by atoms with E-state index in [1.54, 1.807) is 11.8 Å². The van der Waals surface area contributed by atoms with Gasteiger partial charge in [-0.3, -0.25) is 4.57 Å². The largest absolute Gasteiger partial charge is 0.411 e. The van der Waals surface area contributed by atoms with Crippen molar-refractivity contribution in [2.45, 2.75) is 51.1 Å². The molecule has 3 aromatic rings. The van der Waals surface area contributed by atoms with E-state index in [1.807, 2.05) is 19.1 Å². The smallest absolute Gasteiger partial charge is 0.325 e. The quantitative estimate of drug-likeness (QED) is 0.209. The number of hydrogen-bond acceptors (Lipinski definition) is 6. The summed E-state index contributed by atoms with van der Waals surface area (Å²) in [6, 6.07) is 12.5. The summed E-state index contributed by atoms with van der Waals surface area (Å²) in [6.07, 6.45) is 0.335. The first kappa shape index (κ1) is 24.7.